The van der Waals surface area contributed by atoms with Gasteiger partial charge in [0.1, 0.15) is 24.1 Å². The van der Waals surface area contributed by atoms with Gasteiger partial charge in [-0.25, -0.2) is 15.0 Å². The summed E-state index contributed by atoms with van der Waals surface area (Å²) in [5.74, 6) is 1.64. The summed E-state index contributed by atoms with van der Waals surface area (Å²) in [7, 11) is 0. The van der Waals surface area contributed by atoms with E-state index in [1.165, 1.54) is 18.2 Å². The van der Waals surface area contributed by atoms with E-state index >= 15 is 0 Å². The number of hydrogen-bond acceptors (Lipinski definition) is 8. The van der Waals surface area contributed by atoms with Crippen LogP contribution in [-0.4, -0.2) is 53.8 Å². The molecule has 1 aliphatic heterocycles. The molecule has 4 atom stereocenters. The summed E-state index contributed by atoms with van der Waals surface area (Å²) in [6, 6.07) is 10.1. The van der Waals surface area contributed by atoms with Gasteiger partial charge in [-0.15, -0.1) is 0 Å². The van der Waals surface area contributed by atoms with Gasteiger partial charge in [0.05, 0.1) is 12.4 Å². The molecule has 3 heterocycles. The molecule has 0 radical (unpaired) electrons. The number of aliphatic hydroxyl groups is 2. The average Bonchev–Trinajstić information content (AvgIpc) is 3.20. The number of thioether (sulfide) groups is 1. The Balaban J connectivity index is 1.46. The van der Waals surface area contributed by atoms with Gasteiger partial charge in [-0.1, -0.05) is 30.3 Å². The number of rotatable bonds is 5. The molecule has 2 aromatic heterocycles. The highest BCUT2D eigenvalue weighted by Crippen LogP contribution is 2.33. The molecule has 1 fully saturated rings. The molecule has 1 aliphatic rings. The zero-order chi connectivity index (χ0) is 18.1. The van der Waals surface area contributed by atoms with Crippen molar-refractivity contribution in [2.24, 2.45) is 0 Å². The van der Waals surface area contributed by atoms with Gasteiger partial charge in [-0.2, -0.15) is 11.8 Å². The number of nitrogens with zero attached hydrogens (tertiary/aromatic N) is 4. The van der Waals surface area contributed by atoms with Crippen LogP contribution < -0.4 is 5.73 Å². The van der Waals surface area contributed by atoms with Crippen LogP contribution in [0.15, 0.2) is 43.0 Å². The van der Waals surface area contributed by atoms with Crippen molar-refractivity contribution in [1.29, 1.82) is 0 Å². The number of anilines is 1. The fraction of sp³-hybridized carbons (Fsp3) is 0.353. The van der Waals surface area contributed by atoms with Crippen LogP contribution in [0.1, 0.15) is 11.8 Å². The maximum absolute atomic E-state index is 10.4. The molecule has 8 nitrogen and oxygen atoms in total. The molecule has 4 rings (SSSR count). The largest absolute Gasteiger partial charge is 0.387 e. The molecule has 0 saturated carbocycles. The molecule has 9 heteroatoms. The third-order valence-electron chi connectivity index (χ3n) is 4.39. The maximum atomic E-state index is 10.4. The van der Waals surface area contributed by atoms with Crippen molar-refractivity contribution >= 4 is 28.7 Å². The smallest absolute Gasteiger partial charge is 0.167 e. The molecule has 26 heavy (non-hydrogen) atoms. The average molecular weight is 373 g/mol. The molecule has 0 amide bonds. The van der Waals surface area contributed by atoms with Gasteiger partial charge in [0, 0.05) is 11.5 Å². The van der Waals surface area contributed by atoms with E-state index in [1.807, 2.05) is 18.2 Å². The molecular weight excluding hydrogens is 354 g/mol. The Morgan fingerprint density at radius 2 is 1.92 bits per heavy atom. The van der Waals surface area contributed by atoms with Crippen molar-refractivity contribution < 1.29 is 14.9 Å². The molecule has 3 aromatic rings. The number of hydrogen-bond donors (Lipinski definition) is 3. The summed E-state index contributed by atoms with van der Waals surface area (Å²) in [6.45, 7) is 0. The first-order valence-electron chi connectivity index (χ1n) is 8.21. The Hall–Kier alpha value is -2.20. The van der Waals surface area contributed by atoms with Crippen LogP contribution in [0.2, 0.25) is 0 Å². The molecule has 1 unspecified atom stereocenters. The summed E-state index contributed by atoms with van der Waals surface area (Å²) in [4.78, 5) is 12.2. The maximum Gasteiger partial charge on any atom is 0.167 e. The molecule has 136 valence electrons. The van der Waals surface area contributed by atoms with Gasteiger partial charge in [0.2, 0.25) is 0 Å². The molecule has 0 aliphatic carbocycles. The second-order valence-electron chi connectivity index (χ2n) is 6.13. The minimum absolute atomic E-state index is 0.261. The third kappa shape index (κ3) is 3.14. The van der Waals surface area contributed by atoms with Crippen LogP contribution in [0.3, 0.4) is 0 Å². The lowest BCUT2D eigenvalue weighted by molar-refractivity contribution is -0.0289. The number of imidazole rings is 1. The molecule has 0 spiro atoms. The second kappa shape index (κ2) is 7.20. The lowest BCUT2D eigenvalue weighted by atomic mass is 10.1. The van der Waals surface area contributed by atoms with Gasteiger partial charge in [-0.05, 0) is 5.56 Å². The summed E-state index contributed by atoms with van der Waals surface area (Å²) in [5, 5.41) is 20.8. The first-order chi connectivity index (χ1) is 12.6. The fourth-order valence-electron chi connectivity index (χ4n) is 3.02. The van der Waals surface area contributed by atoms with E-state index in [0.717, 1.165) is 5.75 Å². The van der Waals surface area contributed by atoms with Crippen molar-refractivity contribution in [3.8, 4) is 0 Å². The first kappa shape index (κ1) is 17.2. The van der Waals surface area contributed by atoms with Crippen molar-refractivity contribution in [1.82, 2.24) is 19.5 Å². The van der Waals surface area contributed by atoms with Crippen LogP contribution in [0.5, 0.6) is 0 Å². The lowest BCUT2D eigenvalue weighted by Gasteiger charge is -2.16. The number of nitrogen functional groups attached to an aromatic ring is 1. The van der Waals surface area contributed by atoms with E-state index in [9.17, 15) is 10.2 Å². The van der Waals surface area contributed by atoms with Crippen molar-refractivity contribution in [2.75, 3.05) is 11.5 Å². The number of fused-ring (bicyclic) bond motifs is 1. The van der Waals surface area contributed by atoms with Crippen LogP contribution in [0, 0.1) is 0 Å². The minimum Gasteiger partial charge on any atom is -0.387 e. The zero-order valence-electron chi connectivity index (χ0n) is 13.8. The van der Waals surface area contributed by atoms with Crippen LogP contribution in [0.4, 0.5) is 5.82 Å². The highest BCUT2D eigenvalue weighted by Gasteiger charge is 2.44. The Morgan fingerprint density at radius 3 is 2.73 bits per heavy atom. The molecule has 1 aromatic carbocycles. The lowest BCUT2D eigenvalue weighted by Crippen LogP contribution is -2.32. The Kier molecular flexibility index (Phi) is 4.77. The van der Waals surface area contributed by atoms with Crippen molar-refractivity contribution in [3.63, 3.8) is 0 Å². The van der Waals surface area contributed by atoms with Crippen LogP contribution in [0.25, 0.3) is 11.2 Å². The van der Waals surface area contributed by atoms with E-state index in [2.05, 4.69) is 27.1 Å². The monoisotopic (exact) mass is 373 g/mol. The highest BCUT2D eigenvalue weighted by atomic mass is 32.2. The van der Waals surface area contributed by atoms with E-state index in [1.54, 1.807) is 16.3 Å². The number of ether oxygens (including phenoxy) is 1. The van der Waals surface area contributed by atoms with E-state index in [0.29, 0.717) is 16.9 Å². The Labute approximate surface area is 154 Å². The molecule has 1 saturated heterocycles. The van der Waals surface area contributed by atoms with E-state index in [4.69, 9.17) is 10.5 Å². The third-order valence-corrected chi connectivity index (χ3v) is 5.49. The van der Waals surface area contributed by atoms with Crippen LogP contribution >= 0.6 is 11.8 Å². The fourth-order valence-corrected chi connectivity index (χ4v) is 4.07. The predicted octanol–water partition coefficient (Wildman–Crippen LogP) is 0.961. The molecule has 0 bridgehead atoms. The van der Waals surface area contributed by atoms with Crippen molar-refractivity contribution in [2.45, 2.75) is 30.3 Å². The first-order valence-corrected chi connectivity index (χ1v) is 9.37. The number of aliphatic hydroxyl groups excluding tert-OH is 2. The number of benzene rings is 1. The quantitative estimate of drug-likeness (QED) is 0.605. The van der Waals surface area contributed by atoms with Crippen molar-refractivity contribution in [3.05, 3.63) is 48.5 Å². The van der Waals surface area contributed by atoms with Crippen LogP contribution in [-0.2, 0) is 10.5 Å². The highest BCUT2D eigenvalue weighted by molar-refractivity contribution is 7.98. The SMILES string of the molecule is Nc1ncnc2c1ncn2C1O[C@H](CSCc2ccccc2)[C@@H](O)[C@H]1O. The predicted molar refractivity (Wildman–Crippen MR) is 98.3 cm³/mol. The van der Waals surface area contributed by atoms with Gasteiger partial charge in [0.15, 0.2) is 17.7 Å². The van der Waals surface area contributed by atoms with Gasteiger partial charge >= 0.3 is 0 Å². The Bertz CT molecular complexity index is 890. The number of nitrogens with two attached hydrogens (primary N) is 1. The number of aromatic nitrogens is 4. The van der Waals surface area contributed by atoms with E-state index < -0.39 is 24.5 Å². The normalized spacial score (nSPS) is 25.8. The van der Waals surface area contributed by atoms with Gasteiger partial charge in [-0.3, -0.25) is 4.57 Å². The van der Waals surface area contributed by atoms with E-state index in [-0.39, 0.29) is 5.82 Å². The second-order valence-corrected chi connectivity index (χ2v) is 7.16. The topological polar surface area (TPSA) is 119 Å². The summed E-state index contributed by atoms with van der Waals surface area (Å²) in [5.41, 5.74) is 7.91. The summed E-state index contributed by atoms with van der Waals surface area (Å²) in [6.07, 6.45) is -0.492. The standard InChI is InChI=1S/C17H19N5O3S/c18-15-12-16(20-8-19-15)22(9-21-12)17-14(24)13(23)11(25-17)7-26-6-10-4-2-1-3-5-10/h1-5,8-9,11,13-14,17,23-24H,6-7H2,(H2,18,19,20)/t11-,13-,14-,17?/m1/s1. The molecule has 4 N–H and O–H groups in total. The minimum atomic E-state index is -1.08. The summed E-state index contributed by atoms with van der Waals surface area (Å²) >= 11 is 1.65. The summed E-state index contributed by atoms with van der Waals surface area (Å²) < 4.78 is 7.50. The van der Waals surface area contributed by atoms with Gasteiger partial charge < -0.3 is 20.7 Å². The Morgan fingerprint density at radius 1 is 1.12 bits per heavy atom. The molecular formula is C17H19N5O3S. The van der Waals surface area contributed by atoms with Gasteiger partial charge in [0.25, 0.3) is 0 Å². The zero-order valence-corrected chi connectivity index (χ0v) is 14.7.